The molecule has 1 aromatic rings. The van der Waals surface area contributed by atoms with Crippen molar-refractivity contribution in [2.75, 3.05) is 7.05 Å². The van der Waals surface area contributed by atoms with Gasteiger partial charge in [-0.05, 0) is 28.9 Å². The fraction of sp³-hybridized carbons (Fsp3) is 0.273. The number of hydrogen-bond donors (Lipinski definition) is 2. The molecule has 1 aromatic carbocycles. The van der Waals surface area contributed by atoms with Gasteiger partial charge in [0.25, 0.3) is 11.6 Å². The standard InChI is InChI=1S/C11H12BrN3O4/c1-6(10(16)13-2)14-11(17)7-4-3-5-8(9(7)12)15(18)19/h3-6H,1-2H3,(H,13,16)(H,14,17). The van der Waals surface area contributed by atoms with Crippen molar-refractivity contribution in [2.24, 2.45) is 0 Å². The normalized spacial score (nSPS) is 11.5. The molecule has 2 N–H and O–H groups in total. The van der Waals surface area contributed by atoms with E-state index in [2.05, 4.69) is 26.6 Å². The molecule has 0 aromatic heterocycles. The SMILES string of the molecule is CNC(=O)C(C)NC(=O)c1cccc([N+](=O)[O-])c1Br. The first-order chi connectivity index (χ1) is 8.88. The second-order valence-corrected chi connectivity index (χ2v) is 4.50. The first kappa shape index (κ1) is 15.1. The van der Waals surface area contributed by atoms with Gasteiger partial charge in [-0.2, -0.15) is 0 Å². The Morgan fingerprint density at radius 2 is 2.05 bits per heavy atom. The van der Waals surface area contributed by atoms with Crippen molar-refractivity contribution >= 4 is 33.4 Å². The number of carbonyl (C=O) groups is 2. The Balaban J connectivity index is 2.98. The van der Waals surface area contributed by atoms with Crippen molar-refractivity contribution in [3.63, 3.8) is 0 Å². The zero-order chi connectivity index (χ0) is 14.6. The van der Waals surface area contributed by atoms with E-state index in [-0.39, 0.29) is 21.6 Å². The van der Waals surface area contributed by atoms with Gasteiger partial charge in [-0.15, -0.1) is 0 Å². The molecule has 1 rings (SSSR count). The van der Waals surface area contributed by atoms with Gasteiger partial charge < -0.3 is 10.6 Å². The van der Waals surface area contributed by atoms with Crippen LogP contribution in [0.1, 0.15) is 17.3 Å². The van der Waals surface area contributed by atoms with E-state index in [9.17, 15) is 19.7 Å². The summed E-state index contributed by atoms with van der Waals surface area (Å²) < 4.78 is 0.0848. The molecule has 7 nitrogen and oxygen atoms in total. The van der Waals surface area contributed by atoms with Gasteiger partial charge in [-0.3, -0.25) is 19.7 Å². The van der Waals surface area contributed by atoms with Crippen LogP contribution in [0.2, 0.25) is 0 Å². The van der Waals surface area contributed by atoms with Crippen molar-refractivity contribution in [2.45, 2.75) is 13.0 Å². The zero-order valence-electron chi connectivity index (χ0n) is 10.3. The summed E-state index contributed by atoms with van der Waals surface area (Å²) >= 11 is 3.02. The van der Waals surface area contributed by atoms with Gasteiger partial charge in [0.2, 0.25) is 5.91 Å². The first-order valence-electron chi connectivity index (χ1n) is 5.33. The number of hydrogen-bond acceptors (Lipinski definition) is 4. The maximum absolute atomic E-state index is 11.9. The van der Waals surface area contributed by atoms with Crippen LogP contribution in [0.25, 0.3) is 0 Å². The van der Waals surface area contributed by atoms with Crippen LogP contribution in [-0.2, 0) is 4.79 Å². The van der Waals surface area contributed by atoms with Gasteiger partial charge >= 0.3 is 0 Å². The van der Waals surface area contributed by atoms with Crippen molar-refractivity contribution in [3.05, 3.63) is 38.3 Å². The van der Waals surface area contributed by atoms with E-state index in [4.69, 9.17) is 0 Å². The Labute approximate surface area is 117 Å². The van der Waals surface area contributed by atoms with Gasteiger partial charge in [0.1, 0.15) is 10.5 Å². The molecule has 0 spiro atoms. The molecule has 0 saturated carbocycles. The van der Waals surface area contributed by atoms with E-state index in [1.54, 1.807) is 0 Å². The monoisotopic (exact) mass is 329 g/mol. The van der Waals surface area contributed by atoms with Crippen LogP contribution in [0.15, 0.2) is 22.7 Å². The van der Waals surface area contributed by atoms with Crippen molar-refractivity contribution in [3.8, 4) is 0 Å². The molecule has 0 heterocycles. The predicted molar refractivity (Wildman–Crippen MR) is 71.8 cm³/mol. The third-order valence-corrected chi connectivity index (χ3v) is 3.24. The predicted octanol–water partition coefficient (Wildman–Crippen LogP) is 1.22. The Kier molecular flexibility index (Phi) is 4.99. The van der Waals surface area contributed by atoms with E-state index in [1.807, 2.05) is 0 Å². The average molecular weight is 330 g/mol. The minimum absolute atomic E-state index is 0.0848. The number of carbonyl (C=O) groups excluding carboxylic acids is 2. The van der Waals surface area contributed by atoms with Gasteiger partial charge in [0, 0.05) is 13.1 Å². The topological polar surface area (TPSA) is 101 Å². The van der Waals surface area contributed by atoms with E-state index in [1.165, 1.54) is 32.2 Å². The Morgan fingerprint density at radius 3 is 2.58 bits per heavy atom. The molecule has 0 radical (unpaired) electrons. The average Bonchev–Trinajstić information content (AvgIpc) is 2.37. The number of rotatable bonds is 4. The zero-order valence-corrected chi connectivity index (χ0v) is 11.9. The Bertz CT molecular complexity index is 533. The molecule has 0 fully saturated rings. The van der Waals surface area contributed by atoms with Crippen LogP contribution in [0.5, 0.6) is 0 Å². The molecule has 0 saturated heterocycles. The molecule has 19 heavy (non-hydrogen) atoms. The number of nitrogens with one attached hydrogen (secondary N) is 2. The lowest BCUT2D eigenvalue weighted by Crippen LogP contribution is -2.43. The fourth-order valence-corrected chi connectivity index (χ4v) is 1.98. The number of benzene rings is 1. The molecule has 0 aliphatic heterocycles. The quantitative estimate of drug-likeness (QED) is 0.640. The van der Waals surface area contributed by atoms with E-state index in [0.29, 0.717) is 0 Å². The Hall–Kier alpha value is -1.96. The van der Waals surface area contributed by atoms with Crippen LogP contribution >= 0.6 is 15.9 Å². The highest BCUT2D eigenvalue weighted by molar-refractivity contribution is 9.10. The maximum atomic E-state index is 11.9. The minimum Gasteiger partial charge on any atom is -0.357 e. The number of nitro benzene ring substituents is 1. The van der Waals surface area contributed by atoms with Crippen LogP contribution < -0.4 is 10.6 Å². The molecule has 0 bridgehead atoms. The second-order valence-electron chi connectivity index (χ2n) is 3.71. The van der Waals surface area contributed by atoms with Crippen LogP contribution in [0, 0.1) is 10.1 Å². The third kappa shape index (κ3) is 3.50. The van der Waals surface area contributed by atoms with Gasteiger partial charge in [-0.25, -0.2) is 0 Å². The summed E-state index contributed by atoms with van der Waals surface area (Å²) in [5, 5.41) is 15.6. The van der Waals surface area contributed by atoms with E-state index >= 15 is 0 Å². The minimum atomic E-state index is -0.733. The fourth-order valence-electron chi connectivity index (χ4n) is 1.39. The van der Waals surface area contributed by atoms with Crippen LogP contribution in [0.4, 0.5) is 5.69 Å². The highest BCUT2D eigenvalue weighted by Gasteiger charge is 2.21. The summed E-state index contributed by atoms with van der Waals surface area (Å²) in [6, 6.07) is 3.39. The highest BCUT2D eigenvalue weighted by atomic mass is 79.9. The van der Waals surface area contributed by atoms with Gasteiger partial charge in [0.15, 0.2) is 0 Å². The van der Waals surface area contributed by atoms with E-state index < -0.39 is 16.9 Å². The van der Waals surface area contributed by atoms with Crippen molar-refractivity contribution < 1.29 is 14.5 Å². The summed E-state index contributed by atoms with van der Waals surface area (Å²) in [6.45, 7) is 1.52. The summed E-state index contributed by atoms with van der Waals surface area (Å²) in [5.74, 6) is -0.915. The smallest absolute Gasteiger partial charge is 0.284 e. The number of amides is 2. The molecule has 102 valence electrons. The number of likely N-dealkylation sites (N-methyl/N-ethyl adjacent to an activating group) is 1. The summed E-state index contributed by atoms with van der Waals surface area (Å²) in [5.41, 5.74) is -0.106. The molecule has 0 aliphatic rings. The molecule has 1 unspecified atom stereocenters. The lowest BCUT2D eigenvalue weighted by atomic mass is 10.1. The number of nitrogens with zero attached hydrogens (tertiary/aromatic N) is 1. The molecular formula is C11H12BrN3O4. The van der Waals surface area contributed by atoms with Gasteiger partial charge in [0.05, 0.1) is 10.5 Å². The van der Waals surface area contributed by atoms with Crippen LogP contribution in [0.3, 0.4) is 0 Å². The number of halogens is 1. The largest absolute Gasteiger partial charge is 0.357 e. The molecule has 2 amide bonds. The summed E-state index contributed by atoms with van der Waals surface area (Å²) in [7, 11) is 1.45. The number of nitro groups is 1. The maximum Gasteiger partial charge on any atom is 0.284 e. The van der Waals surface area contributed by atoms with E-state index in [0.717, 1.165) is 0 Å². The van der Waals surface area contributed by atoms with Crippen molar-refractivity contribution in [1.29, 1.82) is 0 Å². The lowest BCUT2D eigenvalue weighted by molar-refractivity contribution is -0.385. The first-order valence-corrected chi connectivity index (χ1v) is 6.13. The molecule has 8 heteroatoms. The third-order valence-electron chi connectivity index (χ3n) is 2.41. The second kappa shape index (κ2) is 6.28. The van der Waals surface area contributed by atoms with Crippen LogP contribution in [-0.4, -0.2) is 29.8 Å². The van der Waals surface area contributed by atoms with Crippen molar-refractivity contribution in [1.82, 2.24) is 10.6 Å². The molecule has 0 aliphatic carbocycles. The Morgan fingerprint density at radius 1 is 1.42 bits per heavy atom. The molecular weight excluding hydrogens is 318 g/mol. The summed E-state index contributed by atoms with van der Waals surface area (Å²) in [4.78, 5) is 33.4. The van der Waals surface area contributed by atoms with Gasteiger partial charge in [-0.1, -0.05) is 6.07 Å². The molecule has 1 atom stereocenters. The lowest BCUT2D eigenvalue weighted by Gasteiger charge is -2.12. The highest BCUT2D eigenvalue weighted by Crippen LogP contribution is 2.28. The summed E-state index contributed by atoms with van der Waals surface area (Å²) in [6.07, 6.45) is 0.